The molecule has 0 aliphatic heterocycles. The third kappa shape index (κ3) is 29.7. The molecule has 1 atom stereocenters. The Kier molecular flexibility index (Phi) is 22.5. The Bertz CT molecular complexity index is 41.0. The van der Waals surface area contributed by atoms with Crippen molar-refractivity contribution in [3.63, 3.8) is 0 Å². The van der Waals surface area contributed by atoms with Gasteiger partial charge in [-0.15, -0.1) is 0 Å². The molecular formula is C4H12AlO2P. The van der Waals surface area contributed by atoms with Crippen molar-refractivity contribution in [2.75, 3.05) is 0 Å². The van der Waals surface area contributed by atoms with E-state index in [-0.39, 0.29) is 0 Å². The molecule has 0 aromatic carbocycles. The van der Waals surface area contributed by atoms with Gasteiger partial charge in [0.15, 0.2) is 0 Å². The van der Waals surface area contributed by atoms with Gasteiger partial charge in [-0.2, -0.15) is 0 Å². The zero-order valence-electron chi connectivity index (χ0n) is 5.39. The van der Waals surface area contributed by atoms with Crippen LogP contribution in [0.4, 0.5) is 0 Å². The van der Waals surface area contributed by atoms with Crippen LogP contribution in [-0.2, 0) is 4.57 Å². The first-order valence-electron chi connectivity index (χ1n) is 2.66. The van der Waals surface area contributed by atoms with E-state index in [2.05, 4.69) is 12.7 Å². The topological polar surface area (TPSA) is 40.1 Å². The molecule has 0 saturated carbocycles. The Hall–Kier alpha value is 0.722. The van der Waals surface area contributed by atoms with E-state index in [4.69, 9.17) is 9.46 Å². The average molecular weight is 150 g/mol. The van der Waals surface area contributed by atoms with Gasteiger partial charge in [-0.3, -0.25) is 0 Å². The summed E-state index contributed by atoms with van der Waals surface area (Å²) in [5.74, 6) is 2.30. The Morgan fingerprint density at radius 1 is 1.75 bits per heavy atom. The van der Waals surface area contributed by atoms with Gasteiger partial charge < -0.3 is 9.46 Å². The summed E-state index contributed by atoms with van der Waals surface area (Å²) < 4.78 is 8.46. The second kappa shape index (κ2) is 15.6. The van der Waals surface area contributed by atoms with Crippen LogP contribution in [-0.4, -0.2) is 15.2 Å². The average Bonchev–Trinajstić information content (AvgIpc) is 1.71. The van der Waals surface area contributed by atoms with E-state index in [1.54, 1.807) is 0 Å². The minimum Gasteiger partial charge on any atom is -0.804 e. The molecule has 2 nitrogen and oxygen atoms in total. The van der Waals surface area contributed by atoms with Crippen molar-refractivity contribution < 1.29 is 9.46 Å². The molecule has 0 radical (unpaired) electrons. The van der Waals surface area contributed by atoms with Crippen LogP contribution in [0, 0.1) is 0 Å². The normalized spacial score (nSPS) is 7.88. The Balaban J connectivity index is 0. The van der Waals surface area contributed by atoms with Gasteiger partial charge in [0.25, 0.3) is 0 Å². The molecule has 0 aromatic rings. The van der Waals surface area contributed by atoms with E-state index in [0.717, 1.165) is 15.2 Å². The van der Waals surface area contributed by atoms with Crippen molar-refractivity contribution >= 4 is 23.9 Å². The minimum absolute atomic E-state index is 0.786. The summed E-state index contributed by atoms with van der Waals surface area (Å²) in [6.45, 7) is 2.23. The Morgan fingerprint density at radius 2 is 2.12 bits per heavy atom. The van der Waals surface area contributed by atoms with Crippen LogP contribution in [0.1, 0.15) is 13.3 Å². The summed E-state index contributed by atoms with van der Waals surface area (Å²) >= 11 is 0.786. The van der Waals surface area contributed by atoms with Crippen molar-refractivity contribution in [2.24, 2.45) is 0 Å². The molecule has 48 valence electrons. The van der Waals surface area contributed by atoms with E-state index >= 15 is 0 Å². The van der Waals surface area contributed by atoms with Crippen LogP contribution < -0.4 is 4.89 Å². The van der Waals surface area contributed by atoms with Crippen LogP contribution in [0.2, 0.25) is 11.1 Å². The van der Waals surface area contributed by atoms with Crippen LogP contribution in [0.3, 0.4) is 0 Å². The van der Waals surface area contributed by atoms with Gasteiger partial charge in [0.05, 0.1) is 0 Å². The number of hydrogen-bond acceptors (Lipinski definition) is 2. The fraction of sp³-hybridized carbons (Fsp3) is 1.00. The Morgan fingerprint density at radius 3 is 2.12 bits per heavy atom. The fourth-order valence-corrected chi connectivity index (χ4v) is 0.866. The minimum atomic E-state index is -1.75. The van der Waals surface area contributed by atoms with E-state index in [1.807, 2.05) is 0 Å². The maximum atomic E-state index is 8.46. The molecule has 4 heteroatoms. The summed E-state index contributed by atoms with van der Waals surface area (Å²) in [5, 5.41) is 1.47. The van der Waals surface area contributed by atoms with Gasteiger partial charge in [-0.1, -0.05) is 0 Å². The summed E-state index contributed by atoms with van der Waals surface area (Å²) in [6, 6.07) is 0. The van der Waals surface area contributed by atoms with Gasteiger partial charge in [0.1, 0.15) is 0 Å². The number of hydrogen-bond donors (Lipinski definition) is 0. The van der Waals surface area contributed by atoms with Gasteiger partial charge in [-0.05, 0) is 8.69 Å². The van der Waals surface area contributed by atoms with Gasteiger partial charge in [0.2, 0.25) is 0 Å². The van der Waals surface area contributed by atoms with Crippen LogP contribution in [0.15, 0.2) is 0 Å². The summed E-state index contributed by atoms with van der Waals surface area (Å²) in [6.07, 6.45) is 1.38. The van der Waals surface area contributed by atoms with Gasteiger partial charge >= 0.3 is 39.6 Å². The monoisotopic (exact) mass is 150 g/mol. The third-order valence-electron chi connectivity index (χ3n) is 0.577. The van der Waals surface area contributed by atoms with Gasteiger partial charge in [0, 0.05) is 0 Å². The maximum absolute atomic E-state index is 8.46. The van der Waals surface area contributed by atoms with E-state index in [9.17, 15) is 0 Å². The first-order valence-corrected chi connectivity index (χ1v) is 5.58. The molecule has 0 bridgehead atoms. The van der Waals surface area contributed by atoms with Crippen LogP contribution in [0.5, 0.6) is 0 Å². The molecule has 0 saturated heterocycles. The number of rotatable bonds is 2. The predicted octanol–water partition coefficient (Wildman–Crippen LogP) is 0.585. The van der Waals surface area contributed by atoms with Gasteiger partial charge in [-0.25, -0.2) is 0 Å². The smallest absolute Gasteiger partial charge is 0.0110 e. The molecule has 0 fully saturated rings. The second-order valence-electron chi connectivity index (χ2n) is 1.29. The first-order chi connectivity index (χ1) is 3.83. The Labute approximate surface area is 58.3 Å². The zero-order chi connectivity index (χ0) is 6.83. The first kappa shape index (κ1) is 11.5. The maximum Gasteiger partial charge on any atom is -0.0110 e. The largest absolute Gasteiger partial charge is 0.804 e. The van der Waals surface area contributed by atoms with Crippen molar-refractivity contribution in [1.29, 1.82) is 0 Å². The molecule has 0 N–H and O–H groups in total. The quantitative estimate of drug-likeness (QED) is 0.426. The van der Waals surface area contributed by atoms with Crippen molar-refractivity contribution in [3.05, 3.63) is 0 Å². The van der Waals surface area contributed by atoms with Crippen LogP contribution in [0.25, 0.3) is 0 Å². The molecule has 0 spiro atoms. The standard InChI is InChI=1S/C3H7.CH3.Al.H3O2P/c1-3-2;;;1-3-2/h1,3H2,2H3;1H3;;3H2,(H,1,2)/q;;+1;/p-1. The molecule has 0 aromatic heterocycles. The molecule has 0 aliphatic rings. The zero-order valence-corrected chi connectivity index (χ0v) is 7.69. The molecule has 0 heterocycles. The van der Waals surface area contributed by atoms with Crippen molar-refractivity contribution in [2.45, 2.75) is 24.4 Å². The van der Waals surface area contributed by atoms with Crippen molar-refractivity contribution in [3.8, 4) is 0 Å². The van der Waals surface area contributed by atoms with E-state index < -0.39 is 8.69 Å². The molecule has 0 rings (SSSR count). The van der Waals surface area contributed by atoms with Crippen LogP contribution >= 0.6 is 8.69 Å². The fourth-order valence-electron chi connectivity index (χ4n) is 0.289. The summed E-state index contributed by atoms with van der Waals surface area (Å²) in [4.78, 5) is 8.46. The molecule has 0 aliphatic carbocycles. The summed E-state index contributed by atoms with van der Waals surface area (Å²) in [7, 11) is -1.75. The predicted molar refractivity (Wildman–Crippen MR) is 37.1 cm³/mol. The second-order valence-corrected chi connectivity index (χ2v) is 2.88. The molecular weight excluding hydrogens is 138 g/mol. The molecule has 8 heavy (non-hydrogen) atoms. The van der Waals surface area contributed by atoms with E-state index in [0.29, 0.717) is 0 Å². The van der Waals surface area contributed by atoms with Crippen molar-refractivity contribution in [1.82, 2.24) is 0 Å². The third-order valence-corrected chi connectivity index (χ3v) is 1.73. The van der Waals surface area contributed by atoms with E-state index in [1.165, 1.54) is 11.7 Å². The molecule has 1 unspecified atom stereocenters. The SMILES string of the molecule is CC[CH2][Al+][CH3].O=[PH2][O-]. The molecule has 0 amide bonds. The summed E-state index contributed by atoms with van der Waals surface area (Å²) in [5.41, 5.74) is 0.